The first-order chi connectivity index (χ1) is 26.4. The normalized spacial score (nSPS) is 15.2. The number of benzene rings is 2. The first-order valence-corrected chi connectivity index (χ1v) is 19.0. The summed E-state index contributed by atoms with van der Waals surface area (Å²) in [7, 11) is 5.52. The SMILES string of the molecule is Cc1cc2c(cc1OCCCC(=O)Nc1cc(C(=O)Nc3ccc(-c4cc(C(=O)Nc5cc(C)n(C)c5)n(C)c4)cc3)n(C)c1)CC[C@@H]1CCCCN1C2=O. The molecule has 3 aromatic heterocycles. The highest BCUT2D eigenvalue weighted by Crippen LogP contribution is 2.33. The predicted octanol–water partition coefficient (Wildman–Crippen LogP) is 7.23. The van der Waals surface area contributed by atoms with E-state index in [2.05, 4.69) is 20.9 Å². The fourth-order valence-electron chi connectivity index (χ4n) is 7.66. The molecule has 0 bridgehead atoms. The van der Waals surface area contributed by atoms with Gasteiger partial charge in [-0.3, -0.25) is 19.2 Å². The Labute approximate surface area is 321 Å². The van der Waals surface area contributed by atoms with Crippen LogP contribution in [-0.4, -0.2) is 61.4 Å². The minimum absolute atomic E-state index is 0.139. The Hall–Kier alpha value is -6.04. The van der Waals surface area contributed by atoms with Gasteiger partial charge in [0.05, 0.1) is 18.0 Å². The van der Waals surface area contributed by atoms with E-state index in [1.807, 2.05) is 93.4 Å². The number of ether oxygens (including phenoxy) is 1. The van der Waals surface area contributed by atoms with E-state index in [4.69, 9.17) is 4.74 Å². The van der Waals surface area contributed by atoms with Gasteiger partial charge >= 0.3 is 0 Å². The Bertz CT molecular complexity index is 2240. The van der Waals surface area contributed by atoms with Crippen LogP contribution in [0.5, 0.6) is 5.75 Å². The summed E-state index contributed by atoms with van der Waals surface area (Å²) in [5, 5.41) is 8.78. The maximum absolute atomic E-state index is 13.3. The highest BCUT2D eigenvalue weighted by Gasteiger charge is 2.32. The summed E-state index contributed by atoms with van der Waals surface area (Å²) >= 11 is 0. The van der Waals surface area contributed by atoms with E-state index < -0.39 is 0 Å². The molecule has 12 nitrogen and oxygen atoms in total. The third-order valence-electron chi connectivity index (χ3n) is 10.8. The van der Waals surface area contributed by atoms with Gasteiger partial charge in [0.25, 0.3) is 17.7 Å². The molecule has 2 aromatic carbocycles. The zero-order valence-electron chi connectivity index (χ0n) is 32.2. The number of carbonyl (C=O) groups is 4. The zero-order valence-corrected chi connectivity index (χ0v) is 32.2. The number of carbonyl (C=O) groups excluding carboxylic acids is 4. The molecule has 55 heavy (non-hydrogen) atoms. The lowest BCUT2D eigenvalue weighted by atomic mass is 9.97. The fourth-order valence-corrected chi connectivity index (χ4v) is 7.66. The third kappa shape index (κ3) is 8.23. The molecular formula is C43H49N7O5. The molecule has 3 N–H and O–H groups in total. The van der Waals surface area contributed by atoms with Crippen molar-refractivity contribution in [2.75, 3.05) is 29.1 Å². The highest BCUT2D eigenvalue weighted by molar-refractivity contribution is 6.05. The van der Waals surface area contributed by atoms with Crippen LogP contribution in [0.3, 0.4) is 0 Å². The number of piperidine rings is 1. The van der Waals surface area contributed by atoms with Gasteiger partial charge < -0.3 is 39.3 Å². The Morgan fingerprint density at radius 3 is 2.18 bits per heavy atom. The number of aryl methyl sites for hydroxylation is 6. The largest absolute Gasteiger partial charge is 0.493 e. The molecule has 5 heterocycles. The Balaban J connectivity index is 0.888. The summed E-state index contributed by atoms with van der Waals surface area (Å²) in [6.07, 6.45) is 11.4. The van der Waals surface area contributed by atoms with Crippen LogP contribution in [0.4, 0.5) is 17.1 Å². The van der Waals surface area contributed by atoms with Crippen molar-refractivity contribution < 1.29 is 23.9 Å². The fraction of sp³-hybridized carbons (Fsp3) is 0.349. The number of hydrogen-bond acceptors (Lipinski definition) is 5. The van der Waals surface area contributed by atoms with E-state index in [1.54, 1.807) is 28.4 Å². The van der Waals surface area contributed by atoms with Crippen molar-refractivity contribution in [3.63, 3.8) is 0 Å². The van der Waals surface area contributed by atoms with Gasteiger partial charge in [-0.2, -0.15) is 0 Å². The second kappa shape index (κ2) is 15.7. The van der Waals surface area contributed by atoms with E-state index in [9.17, 15) is 19.2 Å². The van der Waals surface area contributed by atoms with E-state index in [0.29, 0.717) is 41.8 Å². The molecule has 1 saturated heterocycles. The Kier molecular flexibility index (Phi) is 10.7. The highest BCUT2D eigenvalue weighted by atomic mass is 16.5. The molecule has 2 aliphatic heterocycles. The monoisotopic (exact) mass is 743 g/mol. The smallest absolute Gasteiger partial charge is 0.272 e. The summed E-state index contributed by atoms with van der Waals surface area (Å²) < 4.78 is 11.5. The second-order valence-corrected chi connectivity index (χ2v) is 14.9. The quantitative estimate of drug-likeness (QED) is 0.123. The van der Waals surface area contributed by atoms with Crippen LogP contribution < -0.4 is 20.7 Å². The number of fused-ring (bicyclic) bond motifs is 2. The van der Waals surface area contributed by atoms with Crippen molar-refractivity contribution >= 4 is 40.7 Å². The molecule has 0 unspecified atom stereocenters. The van der Waals surface area contributed by atoms with E-state index in [0.717, 1.165) is 77.2 Å². The minimum atomic E-state index is -0.312. The summed E-state index contributed by atoms with van der Waals surface area (Å²) in [5.74, 6) is 0.216. The number of amides is 4. The number of aromatic nitrogens is 3. The van der Waals surface area contributed by atoms with Crippen LogP contribution in [0.2, 0.25) is 0 Å². The van der Waals surface area contributed by atoms with Crippen molar-refractivity contribution in [1.29, 1.82) is 0 Å². The lowest BCUT2D eigenvalue weighted by molar-refractivity contribution is -0.116. The van der Waals surface area contributed by atoms with Crippen LogP contribution in [0.15, 0.2) is 73.2 Å². The first kappa shape index (κ1) is 37.3. The summed E-state index contributed by atoms with van der Waals surface area (Å²) in [6.45, 7) is 5.15. The molecule has 0 aliphatic carbocycles. The predicted molar refractivity (Wildman–Crippen MR) is 214 cm³/mol. The molecule has 1 fully saturated rings. The maximum Gasteiger partial charge on any atom is 0.272 e. The van der Waals surface area contributed by atoms with Crippen LogP contribution in [-0.2, 0) is 32.4 Å². The van der Waals surface area contributed by atoms with Crippen molar-refractivity contribution in [3.05, 3.63) is 107 Å². The van der Waals surface area contributed by atoms with Crippen molar-refractivity contribution in [2.45, 2.75) is 64.8 Å². The molecule has 5 aromatic rings. The van der Waals surface area contributed by atoms with Crippen LogP contribution in [0, 0.1) is 13.8 Å². The van der Waals surface area contributed by atoms with E-state index in [-0.39, 0.29) is 30.0 Å². The molecule has 7 rings (SSSR count). The number of anilines is 3. The lowest BCUT2D eigenvalue weighted by Crippen LogP contribution is -2.42. The standard InChI is InChI=1S/C43H49N7O5/c1-27-19-36-30(13-16-35-9-6-7-17-50(35)43(36)54)22-39(27)55-18-8-10-40(51)44-34-23-38(49(5)26-34)42(53)45-32-14-11-29(12-15-32)31-21-37(48(4)24-31)41(52)46-33-20-28(2)47(3)25-33/h11-12,14-15,19-26,35H,6-10,13,16-18H2,1-5H3,(H,44,51)(H,45,53)(H,46,52)/t35-/m0/s1. The molecule has 4 amide bonds. The zero-order chi connectivity index (χ0) is 38.8. The minimum Gasteiger partial charge on any atom is -0.493 e. The number of rotatable bonds is 11. The van der Waals surface area contributed by atoms with Gasteiger partial charge in [0, 0.05) is 81.2 Å². The van der Waals surface area contributed by atoms with Gasteiger partial charge in [-0.25, -0.2) is 0 Å². The molecule has 12 heteroatoms. The van der Waals surface area contributed by atoms with Crippen molar-refractivity contribution in [2.24, 2.45) is 21.1 Å². The topological polar surface area (TPSA) is 132 Å². The summed E-state index contributed by atoms with van der Waals surface area (Å²) in [6, 6.07) is 17.1. The van der Waals surface area contributed by atoms with Crippen molar-refractivity contribution in [1.82, 2.24) is 18.6 Å². The van der Waals surface area contributed by atoms with Crippen LogP contribution >= 0.6 is 0 Å². The number of nitrogens with one attached hydrogen (secondary N) is 3. The number of nitrogens with zero attached hydrogens (tertiary/aromatic N) is 4. The molecule has 0 spiro atoms. The van der Waals surface area contributed by atoms with Gasteiger partial charge in [0.2, 0.25) is 5.91 Å². The first-order valence-electron chi connectivity index (χ1n) is 19.0. The van der Waals surface area contributed by atoms with Gasteiger partial charge in [-0.05, 0) is 112 Å². The molecule has 0 saturated carbocycles. The second-order valence-electron chi connectivity index (χ2n) is 14.9. The van der Waals surface area contributed by atoms with Gasteiger partial charge in [-0.15, -0.1) is 0 Å². The average Bonchev–Trinajstić information content (AvgIpc) is 3.81. The lowest BCUT2D eigenvalue weighted by Gasteiger charge is -2.34. The van der Waals surface area contributed by atoms with Crippen LogP contribution in [0.25, 0.3) is 11.1 Å². The Morgan fingerprint density at radius 2 is 1.44 bits per heavy atom. The van der Waals surface area contributed by atoms with Gasteiger partial charge in [0.15, 0.2) is 0 Å². The summed E-state index contributed by atoms with van der Waals surface area (Å²) in [5.41, 5.74) is 8.38. The average molecular weight is 744 g/mol. The molecule has 0 radical (unpaired) electrons. The van der Waals surface area contributed by atoms with E-state index in [1.165, 1.54) is 6.42 Å². The summed E-state index contributed by atoms with van der Waals surface area (Å²) in [4.78, 5) is 54.4. The van der Waals surface area contributed by atoms with Crippen molar-refractivity contribution in [3.8, 4) is 16.9 Å². The van der Waals surface area contributed by atoms with Crippen LogP contribution in [0.1, 0.15) is 86.7 Å². The molecule has 1 atom stereocenters. The Morgan fingerprint density at radius 1 is 0.745 bits per heavy atom. The molecule has 286 valence electrons. The number of hydrogen-bond donors (Lipinski definition) is 3. The maximum atomic E-state index is 13.3. The molecular weight excluding hydrogens is 695 g/mol. The third-order valence-corrected chi connectivity index (χ3v) is 10.8. The van der Waals surface area contributed by atoms with Gasteiger partial charge in [-0.1, -0.05) is 12.1 Å². The molecule has 2 aliphatic rings. The van der Waals surface area contributed by atoms with E-state index >= 15 is 0 Å². The van der Waals surface area contributed by atoms with Gasteiger partial charge in [0.1, 0.15) is 17.1 Å².